The lowest BCUT2D eigenvalue weighted by Crippen LogP contribution is -2.36. The zero-order valence-electron chi connectivity index (χ0n) is 17.2. The maximum absolute atomic E-state index is 12.6. The Hall–Kier alpha value is -3.65. The largest absolute Gasteiger partial charge is 0.395 e. The normalized spacial score (nSPS) is 10.9. The summed E-state index contributed by atoms with van der Waals surface area (Å²) in [6, 6.07) is 13.8. The van der Waals surface area contributed by atoms with Gasteiger partial charge in [-0.15, -0.1) is 0 Å². The van der Waals surface area contributed by atoms with Crippen LogP contribution in [-0.4, -0.2) is 50.1 Å². The summed E-state index contributed by atoms with van der Waals surface area (Å²) in [4.78, 5) is 38.1. The number of hydrogen-bond acceptors (Lipinski definition) is 5. The quantitative estimate of drug-likeness (QED) is 0.494. The van der Waals surface area contributed by atoms with Gasteiger partial charge in [0.15, 0.2) is 0 Å². The first-order valence-electron chi connectivity index (χ1n) is 9.37. The maximum Gasteiger partial charge on any atom is 0.267 e. The Balaban J connectivity index is 2.22. The Kier molecular flexibility index (Phi) is 8.13. The van der Waals surface area contributed by atoms with Gasteiger partial charge in [0.1, 0.15) is 5.70 Å². The molecule has 0 bridgehead atoms. The van der Waals surface area contributed by atoms with Crippen LogP contribution in [0.3, 0.4) is 0 Å². The van der Waals surface area contributed by atoms with Gasteiger partial charge in [-0.3, -0.25) is 14.4 Å². The number of amides is 3. The van der Waals surface area contributed by atoms with E-state index in [-0.39, 0.29) is 24.8 Å². The predicted octanol–water partition coefficient (Wildman–Crippen LogP) is 1.59. The van der Waals surface area contributed by atoms with Crippen LogP contribution < -0.4 is 20.9 Å². The Morgan fingerprint density at radius 1 is 1.00 bits per heavy atom. The van der Waals surface area contributed by atoms with Crippen LogP contribution in [0, 0.1) is 0 Å². The van der Waals surface area contributed by atoms with Gasteiger partial charge < -0.3 is 26.0 Å². The number of aliphatic hydroxyl groups excluding tert-OH is 1. The number of nitrogens with zero attached hydrogens (tertiary/aromatic N) is 1. The van der Waals surface area contributed by atoms with Crippen molar-refractivity contribution in [3.63, 3.8) is 0 Å². The number of carbonyl (C=O) groups excluding carboxylic acids is 3. The molecule has 0 fully saturated rings. The molecule has 3 amide bonds. The summed E-state index contributed by atoms with van der Waals surface area (Å²) in [5.74, 6) is -1.19. The Bertz CT molecular complexity index is 919. The lowest BCUT2D eigenvalue weighted by atomic mass is 10.1. The monoisotopic (exact) mass is 410 g/mol. The first-order valence-corrected chi connectivity index (χ1v) is 9.37. The average molecular weight is 410 g/mol. The van der Waals surface area contributed by atoms with E-state index in [1.807, 2.05) is 43.3 Å². The van der Waals surface area contributed by atoms with E-state index in [0.29, 0.717) is 11.3 Å². The van der Waals surface area contributed by atoms with Crippen LogP contribution in [0.25, 0.3) is 6.08 Å². The zero-order chi connectivity index (χ0) is 22.1. The second kappa shape index (κ2) is 10.8. The SMILES string of the molecule is CC(=O)Nc1ccc(C(=O)N/C(=C\c2ccc(N(C)C)cc2)C(=O)NCCO)cc1. The minimum atomic E-state index is -0.510. The summed E-state index contributed by atoms with van der Waals surface area (Å²) in [5.41, 5.74) is 2.68. The molecule has 8 nitrogen and oxygen atoms in total. The molecule has 2 rings (SSSR count). The molecule has 0 unspecified atom stereocenters. The number of anilines is 2. The molecular formula is C22H26N4O4. The van der Waals surface area contributed by atoms with E-state index in [1.165, 1.54) is 6.92 Å². The number of rotatable bonds is 8. The van der Waals surface area contributed by atoms with E-state index in [2.05, 4.69) is 16.0 Å². The molecule has 4 N–H and O–H groups in total. The van der Waals surface area contributed by atoms with Crippen molar-refractivity contribution >= 4 is 35.2 Å². The van der Waals surface area contributed by atoms with Crippen molar-refractivity contribution in [3.8, 4) is 0 Å². The lowest BCUT2D eigenvalue weighted by Gasteiger charge is -2.13. The maximum atomic E-state index is 12.6. The Morgan fingerprint density at radius 3 is 2.17 bits per heavy atom. The molecule has 8 heteroatoms. The van der Waals surface area contributed by atoms with Crippen molar-refractivity contribution in [2.24, 2.45) is 0 Å². The van der Waals surface area contributed by atoms with Gasteiger partial charge in [-0.1, -0.05) is 12.1 Å². The lowest BCUT2D eigenvalue weighted by molar-refractivity contribution is -0.118. The van der Waals surface area contributed by atoms with Crippen LogP contribution in [0.2, 0.25) is 0 Å². The molecule has 158 valence electrons. The molecule has 2 aromatic carbocycles. The zero-order valence-corrected chi connectivity index (χ0v) is 17.2. The molecule has 0 aliphatic rings. The van der Waals surface area contributed by atoms with E-state index in [1.54, 1.807) is 30.3 Å². The fourth-order valence-electron chi connectivity index (χ4n) is 2.56. The van der Waals surface area contributed by atoms with Crippen LogP contribution in [0.4, 0.5) is 11.4 Å². The highest BCUT2D eigenvalue weighted by molar-refractivity contribution is 6.05. The molecule has 30 heavy (non-hydrogen) atoms. The van der Waals surface area contributed by atoms with Crippen LogP contribution in [0.5, 0.6) is 0 Å². The van der Waals surface area contributed by atoms with E-state index >= 15 is 0 Å². The summed E-state index contributed by atoms with van der Waals surface area (Å²) in [5, 5.41) is 16.7. The average Bonchev–Trinajstić information content (AvgIpc) is 2.71. The summed E-state index contributed by atoms with van der Waals surface area (Å²) in [6.45, 7) is 1.25. The van der Waals surface area contributed by atoms with Gasteiger partial charge in [-0.05, 0) is 48.0 Å². The second-order valence-corrected chi connectivity index (χ2v) is 6.74. The summed E-state index contributed by atoms with van der Waals surface area (Å²) in [7, 11) is 3.85. The van der Waals surface area contributed by atoms with Crippen molar-refractivity contribution in [2.75, 3.05) is 37.5 Å². The van der Waals surface area contributed by atoms with Crippen molar-refractivity contribution < 1.29 is 19.5 Å². The van der Waals surface area contributed by atoms with Gasteiger partial charge in [0.25, 0.3) is 11.8 Å². The molecule has 0 saturated heterocycles. The topological polar surface area (TPSA) is 111 Å². The highest BCUT2D eigenvalue weighted by Crippen LogP contribution is 2.15. The summed E-state index contributed by atoms with van der Waals surface area (Å²) >= 11 is 0. The van der Waals surface area contributed by atoms with E-state index in [9.17, 15) is 14.4 Å². The molecule has 2 aromatic rings. The number of benzene rings is 2. The molecule has 0 saturated carbocycles. The third-order valence-electron chi connectivity index (χ3n) is 4.08. The summed E-state index contributed by atoms with van der Waals surface area (Å²) < 4.78 is 0. The van der Waals surface area contributed by atoms with E-state index < -0.39 is 11.8 Å². The van der Waals surface area contributed by atoms with Crippen molar-refractivity contribution in [1.29, 1.82) is 0 Å². The van der Waals surface area contributed by atoms with Crippen LogP contribution in [-0.2, 0) is 9.59 Å². The van der Waals surface area contributed by atoms with Crippen LogP contribution >= 0.6 is 0 Å². The molecule has 0 atom stereocenters. The first-order chi connectivity index (χ1) is 14.3. The van der Waals surface area contributed by atoms with Gasteiger partial charge in [-0.25, -0.2) is 0 Å². The van der Waals surface area contributed by atoms with Crippen molar-refractivity contribution in [2.45, 2.75) is 6.92 Å². The van der Waals surface area contributed by atoms with Gasteiger partial charge in [0.2, 0.25) is 5.91 Å². The third kappa shape index (κ3) is 6.75. The van der Waals surface area contributed by atoms with Crippen LogP contribution in [0.1, 0.15) is 22.8 Å². The van der Waals surface area contributed by atoms with Crippen LogP contribution in [0.15, 0.2) is 54.2 Å². The molecule has 0 aliphatic heterocycles. The molecule has 0 radical (unpaired) electrons. The van der Waals surface area contributed by atoms with Crippen molar-refractivity contribution in [1.82, 2.24) is 10.6 Å². The smallest absolute Gasteiger partial charge is 0.267 e. The highest BCUT2D eigenvalue weighted by Gasteiger charge is 2.14. The van der Waals surface area contributed by atoms with Gasteiger partial charge >= 0.3 is 0 Å². The molecule has 0 aliphatic carbocycles. The molecular weight excluding hydrogens is 384 g/mol. The predicted molar refractivity (Wildman–Crippen MR) is 117 cm³/mol. The highest BCUT2D eigenvalue weighted by atomic mass is 16.3. The third-order valence-corrected chi connectivity index (χ3v) is 4.08. The standard InChI is InChI=1S/C22H26N4O4/c1-15(28)24-18-8-6-17(7-9-18)21(29)25-20(22(30)23-12-13-27)14-16-4-10-19(11-5-16)26(2)3/h4-11,14,27H,12-13H2,1-3H3,(H,23,30)(H,24,28)(H,25,29)/b20-14-. The summed E-state index contributed by atoms with van der Waals surface area (Å²) in [6.07, 6.45) is 1.57. The van der Waals surface area contributed by atoms with Crippen molar-refractivity contribution in [3.05, 3.63) is 65.4 Å². The van der Waals surface area contributed by atoms with E-state index in [0.717, 1.165) is 11.3 Å². The molecule has 0 spiro atoms. The number of carbonyl (C=O) groups is 3. The number of aliphatic hydroxyl groups is 1. The Morgan fingerprint density at radius 2 is 1.63 bits per heavy atom. The number of hydrogen-bond donors (Lipinski definition) is 4. The number of nitrogens with one attached hydrogen (secondary N) is 3. The fraction of sp³-hybridized carbons (Fsp3) is 0.227. The van der Waals surface area contributed by atoms with Gasteiger partial charge in [0, 0.05) is 44.5 Å². The fourth-order valence-corrected chi connectivity index (χ4v) is 2.56. The second-order valence-electron chi connectivity index (χ2n) is 6.74. The first kappa shape index (κ1) is 22.6. The Labute approximate surface area is 175 Å². The minimum absolute atomic E-state index is 0.0528. The van der Waals surface area contributed by atoms with E-state index in [4.69, 9.17) is 5.11 Å². The van der Waals surface area contributed by atoms with Gasteiger partial charge in [-0.2, -0.15) is 0 Å². The molecule has 0 heterocycles. The van der Waals surface area contributed by atoms with Gasteiger partial charge in [0.05, 0.1) is 6.61 Å². The minimum Gasteiger partial charge on any atom is -0.395 e. The molecule has 0 aromatic heterocycles.